The lowest BCUT2D eigenvalue weighted by Gasteiger charge is -2.19. The maximum absolute atomic E-state index is 12.5. The number of methoxy groups -OCH3 is 1. The van der Waals surface area contributed by atoms with E-state index in [1.54, 1.807) is 25.3 Å². The number of anilines is 1. The van der Waals surface area contributed by atoms with Gasteiger partial charge in [-0.15, -0.1) is 0 Å². The maximum Gasteiger partial charge on any atom is 0.319 e. The Bertz CT molecular complexity index is 1200. The summed E-state index contributed by atoms with van der Waals surface area (Å²) in [6, 6.07) is 14.1. The molecule has 166 valence electrons. The number of aryl methyl sites for hydroxylation is 1. The van der Waals surface area contributed by atoms with Crippen molar-refractivity contribution in [1.29, 1.82) is 0 Å². The monoisotopic (exact) mass is 437 g/mol. The lowest BCUT2D eigenvalue weighted by atomic mass is 9.98. The molecule has 1 heterocycles. The zero-order chi connectivity index (χ0) is 23.3. The number of hydrogen-bond acceptors (Lipinski definition) is 5. The molecule has 0 aliphatic heterocycles. The fraction of sp³-hybridized carbons (Fsp3) is 0.174. The number of amides is 2. The van der Waals surface area contributed by atoms with Gasteiger partial charge >= 0.3 is 12.0 Å². The van der Waals surface area contributed by atoms with E-state index in [1.807, 2.05) is 30.3 Å². The summed E-state index contributed by atoms with van der Waals surface area (Å²) in [7, 11) is 3.04. The van der Waals surface area contributed by atoms with E-state index in [4.69, 9.17) is 4.74 Å². The summed E-state index contributed by atoms with van der Waals surface area (Å²) in [5, 5.41) is 24.1. The predicted octanol–water partition coefficient (Wildman–Crippen LogP) is 3.10. The quantitative estimate of drug-likeness (QED) is 0.449. The van der Waals surface area contributed by atoms with E-state index in [0.717, 1.165) is 11.1 Å². The molecule has 32 heavy (non-hydrogen) atoms. The molecule has 1 atom stereocenters. The van der Waals surface area contributed by atoms with Gasteiger partial charge < -0.3 is 30.2 Å². The Morgan fingerprint density at radius 1 is 1.09 bits per heavy atom. The first-order chi connectivity index (χ1) is 15.3. The van der Waals surface area contributed by atoms with Crippen molar-refractivity contribution in [3.63, 3.8) is 0 Å². The number of aliphatic carboxylic acids is 1. The highest BCUT2D eigenvalue weighted by Gasteiger charge is 2.20. The number of carboxylic acids is 1. The lowest BCUT2D eigenvalue weighted by molar-refractivity contribution is -0.137. The van der Waals surface area contributed by atoms with Crippen LogP contribution in [0.2, 0.25) is 0 Å². The molecular formula is C23H23N3O6. The van der Waals surface area contributed by atoms with Gasteiger partial charge in [-0.05, 0) is 41.0 Å². The number of carbonyl (C=O) groups excluding carboxylic acids is 1. The number of ether oxygens (including phenoxy) is 1. The maximum atomic E-state index is 12.5. The molecule has 3 rings (SSSR count). The summed E-state index contributed by atoms with van der Waals surface area (Å²) in [5.41, 5.74) is 1.34. The van der Waals surface area contributed by atoms with Crippen LogP contribution in [0.15, 0.2) is 65.6 Å². The molecule has 0 fully saturated rings. The minimum absolute atomic E-state index is 0.299. The predicted molar refractivity (Wildman–Crippen MR) is 119 cm³/mol. The van der Waals surface area contributed by atoms with Crippen molar-refractivity contribution in [2.45, 2.75) is 12.5 Å². The third kappa shape index (κ3) is 5.25. The molecule has 1 aromatic heterocycles. The minimum Gasteiger partial charge on any atom is -0.505 e. The first-order valence-electron chi connectivity index (χ1n) is 9.70. The molecule has 2 aromatic carbocycles. The van der Waals surface area contributed by atoms with Crippen LogP contribution >= 0.6 is 0 Å². The lowest BCUT2D eigenvalue weighted by Crippen LogP contribution is -2.35. The van der Waals surface area contributed by atoms with E-state index in [9.17, 15) is 24.6 Å². The summed E-state index contributed by atoms with van der Waals surface area (Å²) >= 11 is 0. The SMILES string of the molecule is COc1cccc(-c2cccc([C@H](CC(=O)O)NC(=O)Nc3c(O)ccn(C)c3=O)c2)c1. The highest BCUT2D eigenvalue weighted by Crippen LogP contribution is 2.27. The van der Waals surface area contributed by atoms with Crippen LogP contribution in [-0.4, -0.2) is 33.9 Å². The Kier molecular flexibility index (Phi) is 6.79. The number of aromatic nitrogens is 1. The second kappa shape index (κ2) is 9.69. The molecule has 0 unspecified atom stereocenters. The second-order valence-electron chi connectivity index (χ2n) is 7.10. The number of carboxylic acid groups (broad SMARTS) is 1. The zero-order valence-corrected chi connectivity index (χ0v) is 17.5. The molecule has 0 radical (unpaired) electrons. The van der Waals surface area contributed by atoms with Gasteiger partial charge in [0, 0.05) is 13.2 Å². The van der Waals surface area contributed by atoms with Crippen molar-refractivity contribution in [3.8, 4) is 22.6 Å². The molecule has 9 heteroatoms. The standard InChI is InChI=1S/C23H23N3O6/c1-26-10-9-19(27)21(22(26)30)25-23(31)24-18(13-20(28)29)16-7-3-5-14(11-16)15-6-4-8-17(12-15)32-2/h3-12,18,27H,13H2,1-2H3,(H,28,29)(H2,24,25,31)/t18-/m0/s1. The first kappa shape index (κ1) is 22.4. The molecule has 0 aliphatic carbocycles. The van der Waals surface area contributed by atoms with E-state index in [-0.39, 0.29) is 12.1 Å². The van der Waals surface area contributed by atoms with Crippen molar-refractivity contribution in [1.82, 2.24) is 9.88 Å². The topological polar surface area (TPSA) is 130 Å². The number of aromatic hydroxyl groups is 1. The number of pyridine rings is 1. The average molecular weight is 437 g/mol. The van der Waals surface area contributed by atoms with Gasteiger partial charge in [0.15, 0.2) is 5.69 Å². The number of rotatable bonds is 7. The van der Waals surface area contributed by atoms with E-state index in [2.05, 4.69) is 10.6 Å². The smallest absolute Gasteiger partial charge is 0.319 e. The summed E-state index contributed by atoms with van der Waals surface area (Å²) in [6.45, 7) is 0. The van der Waals surface area contributed by atoms with Gasteiger partial charge in [0.2, 0.25) is 0 Å². The van der Waals surface area contributed by atoms with Gasteiger partial charge in [-0.1, -0.05) is 30.3 Å². The number of urea groups is 1. The van der Waals surface area contributed by atoms with Crippen LogP contribution in [0.25, 0.3) is 11.1 Å². The number of nitrogens with one attached hydrogen (secondary N) is 2. The van der Waals surface area contributed by atoms with Gasteiger partial charge in [0.1, 0.15) is 11.5 Å². The molecule has 0 spiro atoms. The Hall–Kier alpha value is -4.27. The van der Waals surface area contributed by atoms with Crippen molar-refractivity contribution >= 4 is 17.7 Å². The van der Waals surface area contributed by atoms with Crippen LogP contribution in [0.4, 0.5) is 10.5 Å². The number of hydrogen-bond donors (Lipinski definition) is 4. The largest absolute Gasteiger partial charge is 0.505 e. The highest BCUT2D eigenvalue weighted by atomic mass is 16.5. The van der Waals surface area contributed by atoms with Crippen molar-refractivity contribution in [2.75, 3.05) is 12.4 Å². The molecule has 0 aliphatic rings. The Morgan fingerprint density at radius 2 is 1.78 bits per heavy atom. The molecule has 2 amide bonds. The minimum atomic E-state index is -1.11. The Labute approximate surface area is 183 Å². The van der Waals surface area contributed by atoms with Crippen LogP contribution in [0.3, 0.4) is 0 Å². The molecule has 0 saturated heterocycles. The molecular weight excluding hydrogens is 414 g/mol. The van der Waals surface area contributed by atoms with E-state index < -0.39 is 29.4 Å². The Morgan fingerprint density at radius 3 is 2.47 bits per heavy atom. The summed E-state index contributed by atoms with van der Waals surface area (Å²) in [5.74, 6) is -0.824. The van der Waals surface area contributed by atoms with Crippen molar-refractivity contribution in [2.24, 2.45) is 7.05 Å². The van der Waals surface area contributed by atoms with Crippen LogP contribution in [0.1, 0.15) is 18.0 Å². The summed E-state index contributed by atoms with van der Waals surface area (Å²) in [4.78, 5) is 36.1. The molecule has 4 N–H and O–H groups in total. The molecule has 9 nitrogen and oxygen atoms in total. The number of nitrogens with zero attached hydrogens (tertiary/aromatic N) is 1. The third-order valence-corrected chi connectivity index (χ3v) is 4.86. The van der Waals surface area contributed by atoms with Crippen LogP contribution in [0, 0.1) is 0 Å². The molecule has 3 aromatic rings. The molecule has 0 bridgehead atoms. The number of carbonyl (C=O) groups is 2. The van der Waals surface area contributed by atoms with Crippen LogP contribution in [0.5, 0.6) is 11.5 Å². The van der Waals surface area contributed by atoms with E-state index >= 15 is 0 Å². The fourth-order valence-corrected chi connectivity index (χ4v) is 3.21. The Balaban J connectivity index is 1.87. The van der Waals surface area contributed by atoms with Crippen LogP contribution < -0.4 is 20.9 Å². The van der Waals surface area contributed by atoms with E-state index in [1.165, 1.54) is 23.9 Å². The molecule has 0 saturated carbocycles. The fourth-order valence-electron chi connectivity index (χ4n) is 3.21. The zero-order valence-electron chi connectivity index (χ0n) is 17.5. The van der Waals surface area contributed by atoms with Gasteiger partial charge in [-0.2, -0.15) is 0 Å². The average Bonchev–Trinajstić information content (AvgIpc) is 2.78. The second-order valence-corrected chi connectivity index (χ2v) is 7.10. The van der Waals surface area contributed by atoms with Gasteiger partial charge in [0.25, 0.3) is 5.56 Å². The highest BCUT2D eigenvalue weighted by molar-refractivity contribution is 5.91. The van der Waals surface area contributed by atoms with Crippen molar-refractivity contribution in [3.05, 3.63) is 76.7 Å². The van der Waals surface area contributed by atoms with Crippen molar-refractivity contribution < 1.29 is 24.5 Å². The van der Waals surface area contributed by atoms with E-state index in [0.29, 0.717) is 11.3 Å². The number of benzene rings is 2. The van der Waals surface area contributed by atoms with Crippen LogP contribution in [-0.2, 0) is 11.8 Å². The third-order valence-electron chi connectivity index (χ3n) is 4.86. The summed E-state index contributed by atoms with van der Waals surface area (Å²) in [6.07, 6.45) is 0.978. The van der Waals surface area contributed by atoms with Gasteiger partial charge in [-0.3, -0.25) is 9.59 Å². The summed E-state index contributed by atoms with van der Waals surface area (Å²) < 4.78 is 6.45. The normalized spacial score (nSPS) is 11.4. The van der Waals surface area contributed by atoms with Gasteiger partial charge in [0.05, 0.1) is 19.6 Å². The first-order valence-corrected chi connectivity index (χ1v) is 9.70. The van der Waals surface area contributed by atoms with Gasteiger partial charge in [-0.25, -0.2) is 4.79 Å².